The van der Waals surface area contributed by atoms with Crippen LogP contribution in [0.2, 0.25) is 0 Å². The fraction of sp³-hybridized carbons (Fsp3) is 0.769. The molecule has 0 saturated carbocycles. The molecule has 3 heterocycles. The summed E-state index contributed by atoms with van der Waals surface area (Å²) in [6, 6.07) is 0. The van der Waals surface area contributed by atoms with Gasteiger partial charge in [-0.15, -0.1) is 0 Å². The van der Waals surface area contributed by atoms with Crippen LogP contribution in [0.4, 0.5) is 17.6 Å². The summed E-state index contributed by atoms with van der Waals surface area (Å²) in [4.78, 5) is 4.76. The number of amidine groups is 1. The van der Waals surface area contributed by atoms with E-state index < -0.39 is 49.7 Å². The lowest BCUT2D eigenvalue weighted by Gasteiger charge is -2.41. The molecule has 0 amide bonds. The van der Waals surface area contributed by atoms with Crippen LogP contribution in [0.5, 0.6) is 0 Å². The van der Waals surface area contributed by atoms with Gasteiger partial charge in [-0.1, -0.05) is 0 Å². The summed E-state index contributed by atoms with van der Waals surface area (Å²) in [5, 5.41) is 0. The van der Waals surface area contributed by atoms with Crippen LogP contribution in [0.3, 0.4) is 0 Å². The summed E-state index contributed by atoms with van der Waals surface area (Å²) < 4.78 is 78.3. The summed E-state index contributed by atoms with van der Waals surface area (Å²) in [5.74, 6) is -3.69. The van der Waals surface area contributed by atoms with E-state index in [1.54, 1.807) is 13.8 Å². The van der Waals surface area contributed by atoms with E-state index in [9.17, 15) is 8.78 Å². The van der Waals surface area contributed by atoms with E-state index in [0.29, 0.717) is 0 Å². The number of fused-ring (bicyclic) bond motifs is 1. The van der Waals surface area contributed by atoms with Gasteiger partial charge in [-0.3, -0.25) is 4.52 Å². The highest BCUT2D eigenvalue weighted by Gasteiger charge is 2.75. The molecule has 4 atom stereocenters. The van der Waals surface area contributed by atoms with Gasteiger partial charge in [0, 0.05) is 6.20 Å². The second-order valence-corrected chi connectivity index (χ2v) is 9.23. The third-order valence-electron chi connectivity index (χ3n) is 4.00. The van der Waals surface area contributed by atoms with Gasteiger partial charge >= 0.3 is 12.6 Å². The summed E-state index contributed by atoms with van der Waals surface area (Å²) in [7, 11) is 0. The van der Waals surface area contributed by atoms with Crippen molar-refractivity contribution in [2.45, 2.75) is 50.2 Å². The van der Waals surface area contributed by atoms with E-state index in [1.807, 2.05) is 0 Å². The van der Waals surface area contributed by atoms with E-state index in [1.165, 1.54) is 12.3 Å². The Bertz CT molecular complexity index is 680. The first-order chi connectivity index (χ1) is 12.0. The number of aliphatic imine (C=N–C) groups is 1. The van der Waals surface area contributed by atoms with Crippen LogP contribution >= 0.6 is 6.72 Å². The second kappa shape index (κ2) is 6.68. The maximum Gasteiger partial charge on any atom is 0.328 e. The second-order valence-electron chi connectivity index (χ2n) is 6.32. The Morgan fingerprint density at radius 3 is 2.69 bits per heavy atom. The molecule has 0 aromatic heterocycles. The molecular formula is C13H18F4N3O4PS. The molecule has 0 aromatic rings. The zero-order valence-corrected chi connectivity index (χ0v) is 15.6. The van der Waals surface area contributed by atoms with E-state index in [0.717, 1.165) is 4.90 Å². The number of nitrogens with two attached hydrogens (primary N) is 1. The van der Waals surface area contributed by atoms with Gasteiger partial charge in [0.25, 0.3) is 6.43 Å². The smallest absolute Gasteiger partial charge is 0.328 e. The molecule has 148 valence electrons. The van der Waals surface area contributed by atoms with Crippen LogP contribution < -0.4 is 5.73 Å². The van der Waals surface area contributed by atoms with Crippen molar-refractivity contribution in [2.75, 3.05) is 13.3 Å². The normalized spacial score (nSPS) is 39.4. The van der Waals surface area contributed by atoms with Crippen molar-refractivity contribution in [3.63, 3.8) is 0 Å². The number of nitrogens with zero attached hydrogens (tertiary/aromatic N) is 2. The Morgan fingerprint density at radius 1 is 1.46 bits per heavy atom. The summed E-state index contributed by atoms with van der Waals surface area (Å²) in [6.07, 6.45) is -5.68. The highest BCUT2D eigenvalue weighted by Crippen LogP contribution is 2.63. The van der Waals surface area contributed by atoms with Gasteiger partial charge in [-0.05, 0) is 31.7 Å². The van der Waals surface area contributed by atoms with Gasteiger partial charge in [0.05, 0.1) is 12.7 Å². The maximum atomic E-state index is 15.0. The largest absolute Gasteiger partial charge is 0.384 e. The standard InChI is InChI=1S/C13H18F4N3O4PS/c1-7(2)23-25(26)21-5-12(10(14)15)9(24-25)13(16,17)11(22-12)20-4-3-8(18)19-6-20/h3-4,7,9-11H,5-6H2,1-2H3,(H2,18,19). The minimum Gasteiger partial charge on any atom is -0.384 e. The molecule has 2 N–H and O–H groups in total. The Balaban J connectivity index is 1.93. The SMILES string of the molecule is CC(C)OP1(=S)OCC2(C(F)F)OC(N3C=CC(N)=NC3)C(F)(F)C2O1. The minimum atomic E-state index is -3.82. The van der Waals surface area contributed by atoms with Crippen LogP contribution in [-0.4, -0.2) is 60.4 Å². The number of ether oxygens (including phenoxy) is 1. The van der Waals surface area contributed by atoms with Crippen LogP contribution in [0.25, 0.3) is 0 Å². The predicted octanol–water partition coefficient (Wildman–Crippen LogP) is 2.19. The number of hydrogen-bond acceptors (Lipinski definition) is 8. The van der Waals surface area contributed by atoms with Crippen LogP contribution in [-0.2, 0) is 30.1 Å². The van der Waals surface area contributed by atoms with Crippen molar-refractivity contribution in [3.05, 3.63) is 12.3 Å². The van der Waals surface area contributed by atoms with Crippen molar-refractivity contribution in [2.24, 2.45) is 10.7 Å². The van der Waals surface area contributed by atoms with Gasteiger partial charge in [0.15, 0.2) is 17.9 Å². The fourth-order valence-corrected chi connectivity index (χ4v) is 5.39. The van der Waals surface area contributed by atoms with Crippen molar-refractivity contribution in [3.8, 4) is 0 Å². The van der Waals surface area contributed by atoms with Gasteiger partial charge < -0.3 is 24.4 Å². The molecule has 2 fully saturated rings. The van der Waals surface area contributed by atoms with Crippen LogP contribution in [0.15, 0.2) is 17.3 Å². The third-order valence-corrected chi connectivity index (χ3v) is 6.43. The Kier molecular flexibility index (Phi) is 5.13. The first-order valence-electron chi connectivity index (χ1n) is 7.69. The molecule has 3 aliphatic rings. The van der Waals surface area contributed by atoms with Crippen molar-refractivity contribution in [1.82, 2.24) is 4.90 Å². The van der Waals surface area contributed by atoms with Crippen molar-refractivity contribution < 1.29 is 35.9 Å². The molecule has 2 saturated heterocycles. The lowest BCUT2D eigenvalue weighted by Crippen LogP contribution is -2.57. The molecule has 0 bridgehead atoms. The summed E-state index contributed by atoms with van der Waals surface area (Å²) >= 11 is 5.05. The first kappa shape index (κ1) is 20.0. The molecule has 0 spiro atoms. The number of alkyl halides is 4. The lowest BCUT2D eigenvalue weighted by atomic mass is 9.96. The van der Waals surface area contributed by atoms with E-state index in [2.05, 4.69) is 4.99 Å². The van der Waals surface area contributed by atoms with Gasteiger partial charge in [0.1, 0.15) is 12.5 Å². The first-order valence-corrected chi connectivity index (χ1v) is 10.2. The number of rotatable bonds is 4. The molecule has 7 nitrogen and oxygen atoms in total. The molecule has 0 radical (unpaired) electrons. The molecule has 0 aliphatic carbocycles. The Labute approximate surface area is 152 Å². The Morgan fingerprint density at radius 2 is 2.15 bits per heavy atom. The van der Waals surface area contributed by atoms with Gasteiger partial charge in [0.2, 0.25) is 0 Å². The summed E-state index contributed by atoms with van der Waals surface area (Å²) in [5.41, 5.74) is 2.78. The van der Waals surface area contributed by atoms with Gasteiger partial charge in [-0.25, -0.2) is 13.8 Å². The monoisotopic (exact) mass is 419 g/mol. The number of hydrogen-bond donors (Lipinski definition) is 1. The zero-order chi connectivity index (χ0) is 19.3. The zero-order valence-electron chi connectivity index (χ0n) is 13.9. The topological polar surface area (TPSA) is 78.5 Å². The predicted molar refractivity (Wildman–Crippen MR) is 87.4 cm³/mol. The molecule has 26 heavy (non-hydrogen) atoms. The molecule has 4 unspecified atom stereocenters. The highest BCUT2D eigenvalue weighted by atomic mass is 32.5. The average Bonchev–Trinajstić information content (AvgIpc) is 2.76. The Hall–Kier alpha value is -0.780. The van der Waals surface area contributed by atoms with Crippen molar-refractivity contribution in [1.29, 1.82) is 0 Å². The van der Waals surface area contributed by atoms with Crippen LogP contribution in [0.1, 0.15) is 13.8 Å². The average molecular weight is 419 g/mol. The highest BCUT2D eigenvalue weighted by molar-refractivity contribution is 8.07. The molecular weight excluding hydrogens is 401 g/mol. The molecule has 3 rings (SSSR count). The summed E-state index contributed by atoms with van der Waals surface area (Å²) in [6.45, 7) is -1.56. The fourth-order valence-electron chi connectivity index (χ4n) is 2.83. The lowest BCUT2D eigenvalue weighted by molar-refractivity contribution is -0.208. The van der Waals surface area contributed by atoms with Gasteiger partial charge in [-0.2, -0.15) is 8.78 Å². The quantitative estimate of drug-likeness (QED) is 0.553. The number of halogens is 4. The minimum absolute atomic E-state index is 0.129. The molecule has 0 aromatic carbocycles. The van der Waals surface area contributed by atoms with Crippen molar-refractivity contribution >= 4 is 24.4 Å². The maximum absolute atomic E-state index is 15.0. The molecule has 13 heteroatoms. The van der Waals surface area contributed by atoms with E-state index in [4.69, 9.17) is 35.8 Å². The third kappa shape index (κ3) is 3.27. The van der Waals surface area contributed by atoms with E-state index in [-0.39, 0.29) is 12.5 Å². The molecule has 3 aliphatic heterocycles. The van der Waals surface area contributed by atoms with Crippen LogP contribution in [0, 0.1) is 0 Å². The van der Waals surface area contributed by atoms with E-state index >= 15 is 8.78 Å².